The van der Waals surface area contributed by atoms with Crippen LogP contribution in [0.4, 0.5) is 0 Å². The Bertz CT molecular complexity index is 329. The van der Waals surface area contributed by atoms with Crippen molar-refractivity contribution in [2.75, 3.05) is 25.2 Å². The van der Waals surface area contributed by atoms with Crippen LogP contribution < -0.4 is 5.73 Å². The average molecular weight is 300 g/mol. The van der Waals surface area contributed by atoms with Crippen LogP contribution in [0.2, 0.25) is 0 Å². The highest BCUT2D eigenvalue weighted by Gasteiger charge is 2.39. The third kappa shape index (κ3) is 3.90. The second kappa shape index (κ2) is 7.68. The number of carbonyl (C=O) groups is 1. The predicted octanol–water partition coefficient (Wildman–Crippen LogP) is 0.504. The van der Waals surface area contributed by atoms with Gasteiger partial charge in [-0.05, 0) is 49.5 Å². The van der Waals surface area contributed by atoms with Gasteiger partial charge in [0.1, 0.15) is 0 Å². The van der Waals surface area contributed by atoms with E-state index in [-0.39, 0.29) is 11.8 Å². The maximum atomic E-state index is 12.5. The first kappa shape index (κ1) is 16.1. The van der Waals surface area contributed by atoms with E-state index in [0.29, 0.717) is 12.5 Å². The molecule has 2 heterocycles. The molecule has 0 bridgehead atoms. The Morgan fingerprint density at radius 1 is 1.50 bits per heavy atom. The largest absolute Gasteiger partial charge is 0.478 e. The molecule has 0 spiro atoms. The third-order valence-electron chi connectivity index (χ3n) is 4.40. The number of amides is 1. The number of hydrogen-bond acceptors (Lipinski definition) is 5. The van der Waals surface area contributed by atoms with Gasteiger partial charge in [0, 0.05) is 13.7 Å². The molecule has 2 aliphatic heterocycles. The normalized spacial score (nSPS) is 25.8. The summed E-state index contributed by atoms with van der Waals surface area (Å²) in [6.45, 7) is 0.679. The molecule has 5 nitrogen and oxygen atoms in total. The van der Waals surface area contributed by atoms with Crippen molar-refractivity contribution in [2.45, 2.75) is 44.1 Å². The molecule has 2 unspecified atom stereocenters. The van der Waals surface area contributed by atoms with Crippen molar-refractivity contribution in [3.8, 4) is 0 Å². The first-order valence-corrected chi connectivity index (χ1v) is 8.63. The van der Waals surface area contributed by atoms with E-state index in [1.807, 2.05) is 11.8 Å². The number of nitrogens with zero attached hydrogens (tertiary/aromatic N) is 1. The highest BCUT2D eigenvalue weighted by molar-refractivity contribution is 7.99. The van der Waals surface area contributed by atoms with Crippen molar-refractivity contribution in [3.63, 3.8) is 0 Å². The van der Waals surface area contributed by atoms with Crippen LogP contribution in [0.25, 0.3) is 0 Å². The molecule has 2 saturated heterocycles. The molecule has 0 radical (unpaired) electrons. The van der Waals surface area contributed by atoms with Crippen LogP contribution in [-0.4, -0.2) is 60.1 Å². The van der Waals surface area contributed by atoms with Crippen LogP contribution in [0.5, 0.6) is 0 Å². The quantitative estimate of drug-likeness (QED) is 0.723. The van der Waals surface area contributed by atoms with Gasteiger partial charge in [0.15, 0.2) is 0 Å². The van der Waals surface area contributed by atoms with Crippen LogP contribution >= 0.6 is 11.8 Å². The minimum absolute atomic E-state index is 0.0261. The van der Waals surface area contributed by atoms with Crippen LogP contribution in [0.1, 0.15) is 32.1 Å². The molecule has 0 saturated carbocycles. The Kier molecular flexibility index (Phi) is 6.20. The van der Waals surface area contributed by atoms with Crippen LogP contribution in [0, 0.1) is 5.92 Å². The van der Waals surface area contributed by atoms with E-state index in [0.717, 1.165) is 32.1 Å². The fourth-order valence-electron chi connectivity index (χ4n) is 3.17. The summed E-state index contributed by atoms with van der Waals surface area (Å²) < 4.78 is 4.96. The second-order valence-corrected chi connectivity index (χ2v) is 6.99. The van der Waals surface area contributed by atoms with Crippen LogP contribution in [0.3, 0.4) is 0 Å². The molecular weight excluding hydrogens is 275 g/mol. The predicted molar refractivity (Wildman–Crippen MR) is 82.4 cm³/mol. The summed E-state index contributed by atoms with van der Waals surface area (Å²) in [6.07, 6.45) is 4.79. The van der Waals surface area contributed by atoms with E-state index in [2.05, 4.69) is 0 Å². The number of rotatable bonds is 5. The lowest BCUT2D eigenvalue weighted by molar-refractivity contribution is -0.133. The first-order chi connectivity index (χ1) is 9.63. The molecule has 2 rings (SSSR count). The summed E-state index contributed by atoms with van der Waals surface area (Å²) in [4.78, 5) is 14.2. The molecule has 0 aromatic carbocycles. The van der Waals surface area contributed by atoms with Gasteiger partial charge in [-0.3, -0.25) is 4.79 Å². The van der Waals surface area contributed by atoms with Gasteiger partial charge >= 0.3 is 7.12 Å². The highest BCUT2D eigenvalue weighted by atomic mass is 32.2. The van der Waals surface area contributed by atoms with Gasteiger partial charge in [-0.1, -0.05) is 0 Å². The molecule has 1 amide bonds. The molecule has 7 heteroatoms. The summed E-state index contributed by atoms with van der Waals surface area (Å²) >= 11 is 1.98. The summed E-state index contributed by atoms with van der Waals surface area (Å²) in [5.74, 6) is 2.67. The Labute approximate surface area is 125 Å². The summed E-state index contributed by atoms with van der Waals surface area (Å²) in [5.41, 5.74) is 6.11. The topological polar surface area (TPSA) is 75.8 Å². The van der Waals surface area contributed by atoms with E-state index >= 15 is 0 Å². The Balaban J connectivity index is 1.88. The third-order valence-corrected chi connectivity index (χ3v) is 5.45. The van der Waals surface area contributed by atoms with Crippen molar-refractivity contribution in [1.29, 1.82) is 0 Å². The highest BCUT2D eigenvalue weighted by Crippen LogP contribution is 2.27. The van der Waals surface area contributed by atoms with Gasteiger partial charge in [-0.25, -0.2) is 0 Å². The molecule has 0 aromatic rings. The summed E-state index contributed by atoms with van der Waals surface area (Å²) in [5, 5.41) is 9.82. The van der Waals surface area contributed by atoms with E-state index in [1.165, 1.54) is 18.6 Å². The van der Waals surface area contributed by atoms with Crippen molar-refractivity contribution in [1.82, 2.24) is 4.90 Å². The van der Waals surface area contributed by atoms with Crippen LogP contribution in [-0.2, 0) is 9.45 Å². The lowest BCUT2D eigenvalue weighted by atomic mass is 9.77. The first-order valence-electron chi connectivity index (χ1n) is 7.48. The molecular formula is C13H25BN2O3S. The lowest BCUT2D eigenvalue weighted by Gasteiger charge is -2.30. The van der Waals surface area contributed by atoms with Crippen LogP contribution in [0.15, 0.2) is 0 Å². The van der Waals surface area contributed by atoms with Crippen molar-refractivity contribution in [3.05, 3.63) is 0 Å². The Morgan fingerprint density at radius 3 is 2.85 bits per heavy atom. The maximum Gasteiger partial charge on any atom is 0.478 e. The van der Waals surface area contributed by atoms with Gasteiger partial charge < -0.3 is 20.3 Å². The summed E-state index contributed by atoms with van der Waals surface area (Å²) in [7, 11) is 0.561. The number of nitrogens with two attached hydrogens (primary N) is 1. The molecule has 20 heavy (non-hydrogen) atoms. The Hall–Kier alpha value is -0.235. The monoisotopic (exact) mass is 300 g/mol. The van der Waals surface area contributed by atoms with Crippen molar-refractivity contribution < 1.29 is 14.5 Å². The van der Waals surface area contributed by atoms with Gasteiger partial charge in [0.2, 0.25) is 5.91 Å². The zero-order chi connectivity index (χ0) is 14.5. The molecule has 2 fully saturated rings. The number of thioether (sulfide) groups is 1. The fourth-order valence-corrected chi connectivity index (χ4v) is 4.38. The molecule has 3 N–H and O–H groups in total. The van der Waals surface area contributed by atoms with Crippen molar-refractivity contribution in [2.24, 2.45) is 11.7 Å². The maximum absolute atomic E-state index is 12.5. The molecule has 2 aliphatic rings. The number of hydrogen-bond donors (Lipinski definition) is 2. The standard InChI is InChI=1S/C13H25BN2O3S/c1-19-14(18)12-3-2-6-16(12)13(17)11(15)9-10-4-7-20-8-5-10/h10-12,18H,2-9,15H2,1H3. The van der Waals surface area contributed by atoms with Gasteiger partial charge in [0.25, 0.3) is 0 Å². The minimum atomic E-state index is -0.903. The number of likely N-dealkylation sites (tertiary alicyclic amines) is 1. The minimum Gasteiger partial charge on any atom is -0.426 e. The van der Waals surface area contributed by atoms with Gasteiger partial charge in [0.05, 0.1) is 12.0 Å². The van der Waals surface area contributed by atoms with Gasteiger partial charge in [-0.2, -0.15) is 11.8 Å². The Morgan fingerprint density at radius 2 is 2.20 bits per heavy atom. The smallest absolute Gasteiger partial charge is 0.426 e. The van der Waals surface area contributed by atoms with Gasteiger partial charge in [-0.15, -0.1) is 0 Å². The second-order valence-electron chi connectivity index (χ2n) is 5.77. The van der Waals surface area contributed by atoms with E-state index in [9.17, 15) is 9.82 Å². The lowest BCUT2D eigenvalue weighted by Crippen LogP contribution is -2.52. The molecule has 2 atom stereocenters. The molecule has 0 aromatic heterocycles. The van der Waals surface area contributed by atoms with E-state index < -0.39 is 13.2 Å². The SMILES string of the molecule is COB(O)C1CCCN1C(=O)C(N)CC1CCSCC1. The zero-order valence-electron chi connectivity index (χ0n) is 12.2. The summed E-state index contributed by atoms with van der Waals surface area (Å²) in [6, 6.07) is -0.437. The molecule has 0 aliphatic carbocycles. The van der Waals surface area contributed by atoms with E-state index in [4.69, 9.17) is 10.4 Å². The zero-order valence-corrected chi connectivity index (χ0v) is 13.0. The van der Waals surface area contributed by atoms with Crippen molar-refractivity contribution >= 4 is 24.8 Å². The average Bonchev–Trinajstić information content (AvgIpc) is 2.96. The fraction of sp³-hybridized carbons (Fsp3) is 0.923. The van der Waals surface area contributed by atoms with E-state index in [1.54, 1.807) is 4.90 Å². The molecule has 114 valence electrons. The number of carbonyl (C=O) groups excluding carboxylic acids is 1.